The van der Waals surface area contributed by atoms with E-state index in [1.807, 2.05) is 0 Å². The Kier molecular flexibility index (Phi) is 1.16. The summed E-state index contributed by atoms with van der Waals surface area (Å²) in [6.07, 6.45) is 6.37. The first-order valence-electron chi connectivity index (χ1n) is 4.58. The van der Waals surface area contributed by atoms with Crippen LogP contribution in [0.4, 0.5) is 0 Å². The van der Waals surface area contributed by atoms with Crippen molar-refractivity contribution in [3.05, 3.63) is 12.2 Å². The minimum atomic E-state index is -2.71. The lowest BCUT2D eigenvalue weighted by molar-refractivity contribution is 0.460. The highest BCUT2D eigenvalue weighted by atomic mass is 32.2. The largest absolute Gasteiger partial charge is 0.229 e. The third kappa shape index (κ3) is 0.685. The van der Waals surface area contributed by atoms with Gasteiger partial charge in [-0.25, -0.2) is 8.42 Å². The van der Waals surface area contributed by atoms with Crippen molar-refractivity contribution in [3.63, 3.8) is 0 Å². The minimum absolute atomic E-state index is 0.00694. The van der Waals surface area contributed by atoms with E-state index in [2.05, 4.69) is 12.2 Å². The van der Waals surface area contributed by atoms with Crippen LogP contribution in [0.15, 0.2) is 12.2 Å². The molecule has 0 N–H and O–H groups in total. The molecular weight excluding hydrogens is 172 g/mol. The van der Waals surface area contributed by atoms with Gasteiger partial charge in [0.2, 0.25) is 0 Å². The van der Waals surface area contributed by atoms with Gasteiger partial charge < -0.3 is 0 Å². The lowest BCUT2D eigenvalue weighted by Gasteiger charge is -2.18. The minimum Gasteiger partial charge on any atom is -0.229 e. The Bertz CT molecular complexity index is 342. The maximum atomic E-state index is 11.6. The summed E-state index contributed by atoms with van der Waals surface area (Å²) in [5.74, 6) is 1.88. The van der Waals surface area contributed by atoms with E-state index in [4.69, 9.17) is 0 Å². The summed E-state index contributed by atoms with van der Waals surface area (Å²) in [4.78, 5) is 0. The number of hydrogen-bond donors (Lipinski definition) is 0. The highest BCUT2D eigenvalue weighted by Gasteiger charge is 2.54. The molecule has 0 aromatic carbocycles. The van der Waals surface area contributed by atoms with Crippen molar-refractivity contribution >= 4 is 9.84 Å². The molecule has 0 spiro atoms. The molecule has 12 heavy (non-hydrogen) atoms. The zero-order chi connectivity index (χ0) is 8.34. The van der Waals surface area contributed by atoms with Gasteiger partial charge in [0.1, 0.15) is 0 Å². The Morgan fingerprint density at radius 1 is 1.17 bits per heavy atom. The van der Waals surface area contributed by atoms with Crippen molar-refractivity contribution in [3.8, 4) is 0 Å². The van der Waals surface area contributed by atoms with Gasteiger partial charge in [-0.2, -0.15) is 0 Å². The first kappa shape index (κ1) is 7.13. The third-order valence-corrected chi connectivity index (χ3v) is 6.03. The van der Waals surface area contributed by atoms with Crippen LogP contribution in [0.2, 0.25) is 0 Å². The van der Waals surface area contributed by atoms with E-state index < -0.39 is 9.84 Å². The molecule has 3 rings (SSSR count). The summed E-state index contributed by atoms with van der Waals surface area (Å²) in [5, 5.41) is 0.00694. The standard InChI is InChI=1S/C9H12O2S/c10-12(11)4-3-8-6-1-2-7(5-6)9(8)12/h1-2,6-9H,3-5H2/t6-,7+,8-,9+/m1/s1. The second kappa shape index (κ2) is 1.95. The Morgan fingerprint density at radius 2 is 1.92 bits per heavy atom. The number of rotatable bonds is 0. The van der Waals surface area contributed by atoms with Crippen LogP contribution in [0.25, 0.3) is 0 Å². The van der Waals surface area contributed by atoms with Crippen LogP contribution in [0.1, 0.15) is 12.8 Å². The molecule has 0 aromatic rings. The van der Waals surface area contributed by atoms with E-state index in [9.17, 15) is 8.42 Å². The molecular formula is C9H12O2S. The fourth-order valence-electron chi connectivity index (χ4n) is 3.23. The van der Waals surface area contributed by atoms with E-state index in [0.29, 0.717) is 23.5 Å². The van der Waals surface area contributed by atoms with Crippen molar-refractivity contribution < 1.29 is 8.42 Å². The quantitative estimate of drug-likeness (QED) is 0.526. The first-order valence-corrected chi connectivity index (χ1v) is 6.30. The molecule has 2 bridgehead atoms. The van der Waals surface area contributed by atoms with Crippen LogP contribution in [0, 0.1) is 17.8 Å². The van der Waals surface area contributed by atoms with Crippen molar-refractivity contribution in [2.45, 2.75) is 18.1 Å². The van der Waals surface area contributed by atoms with Crippen LogP contribution in [0.3, 0.4) is 0 Å². The van der Waals surface area contributed by atoms with Crippen LogP contribution >= 0.6 is 0 Å². The van der Waals surface area contributed by atoms with Gasteiger partial charge in [0.05, 0.1) is 11.0 Å². The summed E-state index contributed by atoms with van der Waals surface area (Å²) in [7, 11) is -2.71. The van der Waals surface area contributed by atoms with E-state index >= 15 is 0 Å². The van der Waals surface area contributed by atoms with Gasteiger partial charge in [0.25, 0.3) is 0 Å². The Hall–Kier alpha value is -0.310. The number of allylic oxidation sites excluding steroid dienone is 2. The molecule has 66 valence electrons. The monoisotopic (exact) mass is 184 g/mol. The summed E-state index contributed by atoms with van der Waals surface area (Å²) in [5.41, 5.74) is 0. The highest BCUT2D eigenvalue weighted by Crippen LogP contribution is 2.51. The molecule has 0 radical (unpaired) electrons. The predicted octanol–water partition coefficient (Wildman–Crippen LogP) is 0.996. The third-order valence-electron chi connectivity index (χ3n) is 3.69. The molecule has 2 nitrogen and oxygen atoms in total. The van der Waals surface area contributed by atoms with Gasteiger partial charge in [-0.05, 0) is 30.6 Å². The van der Waals surface area contributed by atoms with Gasteiger partial charge in [-0.1, -0.05) is 12.2 Å². The first-order chi connectivity index (χ1) is 5.68. The molecule has 1 heterocycles. The number of hydrogen-bond acceptors (Lipinski definition) is 2. The Balaban J connectivity index is 2.11. The average Bonchev–Trinajstić information content (AvgIpc) is 2.61. The van der Waals surface area contributed by atoms with Crippen molar-refractivity contribution in [2.24, 2.45) is 17.8 Å². The lowest BCUT2D eigenvalue weighted by Crippen LogP contribution is -2.26. The smallest absolute Gasteiger partial charge is 0.154 e. The maximum Gasteiger partial charge on any atom is 0.154 e. The molecule has 3 heteroatoms. The van der Waals surface area contributed by atoms with Crippen molar-refractivity contribution in [1.82, 2.24) is 0 Å². The Labute approximate surface area is 72.6 Å². The van der Waals surface area contributed by atoms with E-state index in [0.717, 1.165) is 12.8 Å². The molecule has 1 saturated carbocycles. The molecule has 2 fully saturated rings. The normalized spacial score (nSPS) is 53.0. The average molecular weight is 184 g/mol. The number of sulfone groups is 1. The second-order valence-corrected chi connectivity index (χ2v) is 6.51. The topological polar surface area (TPSA) is 34.1 Å². The molecule has 1 aliphatic heterocycles. The molecule has 1 saturated heterocycles. The fourth-order valence-corrected chi connectivity index (χ4v) is 5.70. The molecule has 3 aliphatic rings. The van der Waals surface area contributed by atoms with Gasteiger partial charge in [-0.15, -0.1) is 0 Å². The molecule has 0 aromatic heterocycles. The Morgan fingerprint density at radius 3 is 2.67 bits per heavy atom. The lowest BCUT2D eigenvalue weighted by atomic mass is 9.91. The molecule has 0 unspecified atom stereocenters. The summed E-state index contributed by atoms with van der Waals surface area (Å²) >= 11 is 0. The van der Waals surface area contributed by atoms with Crippen LogP contribution in [-0.2, 0) is 9.84 Å². The summed E-state index contributed by atoms with van der Waals surface area (Å²) in [6.45, 7) is 0. The van der Waals surface area contributed by atoms with E-state index in [1.54, 1.807) is 0 Å². The zero-order valence-corrected chi connectivity index (χ0v) is 7.63. The predicted molar refractivity (Wildman–Crippen MR) is 46.4 cm³/mol. The van der Waals surface area contributed by atoms with Gasteiger partial charge in [0.15, 0.2) is 9.84 Å². The SMILES string of the molecule is O=S1(=O)CC[C@H]2[C@@H]1[C@H]1C=C[C@@H]2C1. The van der Waals surface area contributed by atoms with Gasteiger partial charge >= 0.3 is 0 Å². The highest BCUT2D eigenvalue weighted by molar-refractivity contribution is 7.92. The van der Waals surface area contributed by atoms with E-state index in [-0.39, 0.29) is 5.25 Å². The zero-order valence-electron chi connectivity index (χ0n) is 6.81. The number of fused-ring (bicyclic) bond motifs is 5. The second-order valence-electron chi connectivity index (χ2n) is 4.23. The van der Waals surface area contributed by atoms with Crippen molar-refractivity contribution in [2.75, 3.05) is 5.75 Å². The molecule has 2 aliphatic carbocycles. The molecule has 0 amide bonds. The van der Waals surface area contributed by atoms with Crippen LogP contribution < -0.4 is 0 Å². The van der Waals surface area contributed by atoms with E-state index in [1.165, 1.54) is 0 Å². The summed E-state index contributed by atoms with van der Waals surface area (Å²) in [6, 6.07) is 0. The van der Waals surface area contributed by atoms with Crippen molar-refractivity contribution in [1.29, 1.82) is 0 Å². The molecule has 4 atom stereocenters. The fraction of sp³-hybridized carbons (Fsp3) is 0.778. The maximum absolute atomic E-state index is 11.6. The summed E-state index contributed by atoms with van der Waals surface area (Å²) < 4.78 is 23.2. The van der Waals surface area contributed by atoms with Crippen LogP contribution in [0.5, 0.6) is 0 Å². The van der Waals surface area contributed by atoms with Gasteiger partial charge in [0, 0.05) is 0 Å². The van der Waals surface area contributed by atoms with Crippen LogP contribution in [-0.4, -0.2) is 19.4 Å². The van der Waals surface area contributed by atoms with Gasteiger partial charge in [-0.3, -0.25) is 0 Å².